The highest BCUT2D eigenvalue weighted by atomic mass is 32.1. The van der Waals surface area contributed by atoms with E-state index in [1.54, 1.807) is 12.4 Å². The molecule has 92 valence electrons. The third-order valence-corrected chi connectivity index (χ3v) is 3.10. The molecule has 0 amide bonds. The van der Waals surface area contributed by atoms with Gasteiger partial charge in [0, 0.05) is 23.0 Å². The van der Waals surface area contributed by atoms with Gasteiger partial charge in [-0.2, -0.15) is 0 Å². The maximum Gasteiger partial charge on any atom is 0.0778 e. The third kappa shape index (κ3) is 4.73. The van der Waals surface area contributed by atoms with E-state index in [-0.39, 0.29) is 0 Å². The van der Waals surface area contributed by atoms with Crippen molar-refractivity contribution in [3.8, 4) is 0 Å². The molecule has 1 unspecified atom stereocenters. The summed E-state index contributed by atoms with van der Waals surface area (Å²) in [6.07, 6.45) is 5.91. The normalized spacial score (nSPS) is 14.8. The van der Waals surface area contributed by atoms with Gasteiger partial charge in [0.15, 0.2) is 0 Å². The smallest absolute Gasteiger partial charge is 0.0778 e. The van der Waals surface area contributed by atoms with Gasteiger partial charge in [0.2, 0.25) is 0 Å². The van der Waals surface area contributed by atoms with E-state index < -0.39 is 0 Å². The third-order valence-electron chi connectivity index (χ3n) is 2.75. The lowest BCUT2D eigenvalue weighted by Gasteiger charge is -2.08. The number of hydrogen-bond acceptors (Lipinski definition) is 3. The molecule has 1 heterocycles. The Morgan fingerprint density at radius 2 is 2.29 bits per heavy atom. The van der Waals surface area contributed by atoms with Gasteiger partial charge in [-0.3, -0.25) is 9.98 Å². The highest BCUT2D eigenvalue weighted by molar-refractivity contribution is 7.90. The minimum absolute atomic E-state index is 0.529. The summed E-state index contributed by atoms with van der Waals surface area (Å²) in [7, 11) is 0. The van der Waals surface area contributed by atoms with E-state index in [2.05, 4.69) is 43.4 Å². The first kappa shape index (κ1) is 14.0. The Hall–Kier alpha value is -1.09. The van der Waals surface area contributed by atoms with Gasteiger partial charge in [0.05, 0.1) is 5.69 Å². The first-order valence-corrected chi connectivity index (χ1v) is 6.44. The van der Waals surface area contributed by atoms with Crippen molar-refractivity contribution in [3.63, 3.8) is 0 Å². The number of nitrogens with zero attached hydrogens (tertiary/aromatic N) is 2. The molecule has 0 saturated heterocycles. The second-order valence-corrected chi connectivity index (χ2v) is 4.67. The van der Waals surface area contributed by atoms with Crippen LogP contribution in [0.15, 0.2) is 35.6 Å². The zero-order chi connectivity index (χ0) is 12.7. The molecule has 17 heavy (non-hydrogen) atoms. The Bertz CT molecular complexity index is 396. The van der Waals surface area contributed by atoms with Gasteiger partial charge in [0.25, 0.3) is 0 Å². The quantitative estimate of drug-likeness (QED) is 0.613. The Kier molecular flexibility index (Phi) is 5.98. The molecule has 0 aliphatic rings. The molecule has 0 fully saturated rings. The fraction of sp³-hybridized carbons (Fsp3) is 0.429. The van der Waals surface area contributed by atoms with E-state index in [1.165, 1.54) is 12.8 Å². The molecule has 3 heteroatoms. The van der Waals surface area contributed by atoms with Crippen molar-refractivity contribution in [1.82, 2.24) is 4.98 Å². The molecule has 1 aromatic heterocycles. The fourth-order valence-corrected chi connectivity index (χ4v) is 1.70. The van der Waals surface area contributed by atoms with Crippen LogP contribution >= 0.6 is 12.6 Å². The molecule has 0 bridgehead atoms. The molecule has 0 spiro atoms. The van der Waals surface area contributed by atoms with Crippen molar-refractivity contribution < 1.29 is 0 Å². The van der Waals surface area contributed by atoms with Crippen LogP contribution in [-0.2, 0) is 0 Å². The van der Waals surface area contributed by atoms with Crippen LogP contribution in [0.2, 0.25) is 0 Å². The van der Waals surface area contributed by atoms with Gasteiger partial charge in [-0.1, -0.05) is 26.3 Å². The highest BCUT2D eigenvalue weighted by Gasteiger charge is 2.03. The molecule has 0 aliphatic heterocycles. The molecule has 1 rings (SSSR count). The average molecular weight is 248 g/mol. The van der Waals surface area contributed by atoms with Crippen molar-refractivity contribution >= 4 is 23.2 Å². The summed E-state index contributed by atoms with van der Waals surface area (Å²) in [6, 6.07) is 5.77. The summed E-state index contributed by atoms with van der Waals surface area (Å²) < 4.78 is 0. The molecular formula is C14H20N2S. The standard InChI is InChI=1S/C14H20N2S/c1-4-7-11(2)12(3)16-10-14(17)13-8-5-6-9-15-13/h5-6,8-11,17H,4,7H2,1-3H3/b14-10-,16-12+. The Morgan fingerprint density at radius 1 is 1.53 bits per heavy atom. The van der Waals surface area contributed by atoms with Gasteiger partial charge in [0.1, 0.15) is 0 Å². The number of pyridine rings is 1. The zero-order valence-corrected chi connectivity index (χ0v) is 11.6. The number of thiol groups is 1. The lowest BCUT2D eigenvalue weighted by molar-refractivity contribution is 0.664. The lowest BCUT2D eigenvalue weighted by atomic mass is 10.0. The van der Waals surface area contributed by atoms with Gasteiger partial charge < -0.3 is 0 Å². The van der Waals surface area contributed by atoms with Crippen LogP contribution in [0.1, 0.15) is 39.3 Å². The van der Waals surface area contributed by atoms with Crippen LogP contribution in [0.5, 0.6) is 0 Å². The van der Waals surface area contributed by atoms with Crippen LogP contribution in [0, 0.1) is 5.92 Å². The summed E-state index contributed by atoms with van der Waals surface area (Å²) in [5, 5.41) is 0. The number of aromatic nitrogens is 1. The predicted octanol–water partition coefficient (Wildman–Crippen LogP) is 4.21. The van der Waals surface area contributed by atoms with Crippen molar-refractivity contribution in [2.45, 2.75) is 33.6 Å². The monoisotopic (exact) mass is 248 g/mol. The van der Waals surface area contributed by atoms with Crippen LogP contribution < -0.4 is 0 Å². The first-order valence-electron chi connectivity index (χ1n) is 6.00. The van der Waals surface area contributed by atoms with Gasteiger partial charge in [-0.15, -0.1) is 12.6 Å². The van der Waals surface area contributed by atoms with Gasteiger partial charge in [-0.25, -0.2) is 0 Å². The Balaban J connectivity index is 2.73. The minimum atomic E-state index is 0.529. The summed E-state index contributed by atoms with van der Waals surface area (Å²) in [5.74, 6) is 0.529. The summed E-state index contributed by atoms with van der Waals surface area (Å²) in [4.78, 5) is 9.48. The maximum atomic E-state index is 4.46. The van der Waals surface area contributed by atoms with E-state index in [0.717, 1.165) is 16.3 Å². The van der Waals surface area contributed by atoms with Crippen LogP contribution in [0.4, 0.5) is 0 Å². The van der Waals surface area contributed by atoms with E-state index in [4.69, 9.17) is 0 Å². The average Bonchev–Trinajstić information content (AvgIpc) is 2.36. The van der Waals surface area contributed by atoms with E-state index in [0.29, 0.717) is 5.92 Å². The van der Waals surface area contributed by atoms with Crippen LogP contribution in [0.3, 0.4) is 0 Å². The van der Waals surface area contributed by atoms with E-state index in [1.807, 2.05) is 18.2 Å². The Labute approximate surface area is 109 Å². The minimum Gasteiger partial charge on any atom is -0.264 e. The van der Waals surface area contributed by atoms with Crippen molar-refractivity contribution in [2.75, 3.05) is 0 Å². The second-order valence-electron chi connectivity index (χ2n) is 4.19. The molecule has 1 atom stereocenters. The largest absolute Gasteiger partial charge is 0.264 e. The molecular weight excluding hydrogens is 228 g/mol. The molecule has 0 aliphatic carbocycles. The molecule has 0 saturated carbocycles. The molecule has 0 radical (unpaired) electrons. The highest BCUT2D eigenvalue weighted by Crippen LogP contribution is 2.16. The zero-order valence-electron chi connectivity index (χ0n) is 10.7. The van der Waals surface area contributed by atoms with Gasteiger partial charge >= 0.3 is 0 Å². The fourth-order valence-electron chi connectivity index (χ4n) is 1.51. The molecule has 0 aromatic carbocycles. The first-order chi connectivity index (χ1) is 8.15. The molecule has 1 aromatic rings. The van der Waals surface area contributed by atoms with E-state index >= 15 is 0 Å². The maximum absolute atomic E-state index is 4.46. The summed E-state index contributed by atoms with van der Waals surface area (Å²) in [5.41, 5.74) is 2.00. The van der Waals surface area contributed by atoms with Crippen LogP contribution in [-0.4, -0.2) is 10.7 Å². The SMILES string of the molecule is CCCC(C)/C(C)=N/C=C(\S)c1ccccn1. The van der Waals surface area contributed by atoms with E-state index in [9.17, 15) is 0 Å². The van der Waals surface area contributed by atoms with Gasteiger partial charge in [-0.05, 0) is 31.4 Å². The van der Waals surface area contributed by atoms with Crippen LogP contribution in [0.25, 0.3) is 4.91 Å². The summed E-state index contributed by atoms with van der Waals surface area (Å²) >= 11 is 4.41. The van der Waals surface area contributed by atoms with Crippen molar-refractivity contribution in [3.05, 3.63) is 36.3 Å². The Morgan fingerprint density at radius 3 is 2.88 bits per heavy atom. The molecule has 2 nitrogen and oxygen atoms in total. The lowest BCUT2D eigenvalue weighted by Crippen LogP contribution is -2.05. The molecule has 0 N–H and O–H groups in total. The number of rotatable bonds is 5. The number of hydrogen-bond donors (Lipinski definition) is 1. The summed E-state index contributed by atoms with van der Waals surface area (Å²) in [6.45, 7) is 6.46. The van der Waals surface area contributed by atoms with Crippen molar-refractivity contribution in [1.29, 1.82) is 0 Å². The topological polar surface area (TPSA) is 25.2 Å². The second kappa shape index (κ2) is 7.28. The number of aliphatic imine (C=N–C) groups is 1. The van der Waals surface area contributed by atoms with Crippen molar-refractivity contribution in [2.24, 2.45) is 10.9 Å². The predicted molar refractivity (Wildman–Crippen MR) is 78.4 cm³/mol.